The smallest absolute Gasteiger partial charge is 0.223 e. The first-order valence-electron chi connectivity index (χ1n) is 12.9. The molecule has 198 valence electrons. The molecule has 6 rings (SSSR count). The second-order valence-electron chi connectivity index (χ2n) is 9.84. The van der Waals surface area contributed by atoms with E-state index < -0.39 is 9.84 Å². The highest BCUT2D eigenvalue weighted by atomic mass is 32.2. The molecule has 7 heteroatoms. The van der Waals surface area contributed by atoms with Gasteiger partial charge in [-0.15, -0.1) is 0 Å². The molecule has 6 nitrogen and oxygen atoms in total. The van der Waals surface area contributed by atoms with Crippen LogP contribution in [0.15, 0.2) is 114 Å². The first-order valence-corrected chi connectivity index (χ1v) is 14.6. The second-order valence-corrected chi connectivity index (χ2v) is 11.8. The van der Waals surface area contributed by atoms with E-state index in [4.69, 9.17) is 4.98 Å². The summed E-state index contributed by atoms with van der Waals surface area (Å²) in [5.41, 5.74) is 6.93. The molecular formula is C33H27N3O3S. The molecule has 0 atom stereocenters. The zero-order valence-corrected chi connectivity index (χ0v) is 22.9. The Bertz CT molecular complexity index is 1980. The number of nitrogens with zero attached hydrogens (tertiary/aromatic N) is 2. The fourth-order valence-corrected chi connectivity index (χ4v) is 6.47. The highest BCUT2D eigenvalue weighted by molar-refractivity contribution is 7.90. The average molecular weight is 546 g/mol. The number of benzene rings is 4. The van der Waals surface area contributed by atoms with Crippen molar-refractivity contribution < 1.29 is 13.2 Å². The molecule has 6 aromatic rings. The van der Waals surface area contributed by atoms with Crippen LogP contribution in [0.3, 0.4) is 0 Å². The van der Waals surface area contributed by atoms with Crippen molar-refractivity contribution in [3.05, 3.63) is 115 Å². The summed E-state index contributed by atoms with van der Waals surface area (Å²) in [4.78, 5) is 22.2. The van der Waals surface area contributed by atoms with E-state index in [9.17, 15) is 13.2 Å². The number of rotatable bonds is 6. The van der Waals surface area contributed by atoms with E-state index in [1.165, 1.54) is 6.92 Å². The zero-order chi connectivity index (χ0) is 27.9. The van der Waals surface area contributed by atoms with E-state index in [0.29, 0.717) is 10.5 Å². The van der Waals surface area contributed by atoms with Crippen LogP contribution in [-0.2, 0) is 20.4 Å². The van der Waals surface area contributed by atoms with Crippen molar-refractivity contribution in [2.45, 2.75) is 17.6 Å². The number of hydrogen-bond donors (Lipinski definition) is 1. The van der Waals surface area contributed by atoms with Gasteiger partial charge in [-0.2, -0.15) is 0 Å². The Morgan fingerprint density at radius 3 is 2.27 bits per heavy atom. The van der Waals surface area contributed by atoms with Crippen molar-refractivity contribution in [2.24, 2.45) is 0 Å². The first kappa shape index (κ1) is 25.5. The van der Waals surface area contributed by atoms with Crippen LogP contribution in [0.4, 0.5) is 5.69 Å². The zero-order valence-electron chi connectivity index (χ0n) is 22.1. The predicted molar refractivity (Wildman–Crippen MR) is 161 cm³/mol. The van der Waals surface area contributed by atoms with Crippen molar-refractivity contribution in [2.75, 3.05) is 11.9 Å². The fourth-order valence-electron chi connectivity index (χ4n) is 5.11. The molecule has 1 N–H and O–H groups in total. The molecule has 1 amide bonds. The minimum Gasteiger partial charge on any atom is -0.339 e. The predicted octanol–water partition coefficient (Wildman–Crippen LogP) is 7.01. The molecule has 0 fully saturated rings. The van der Waals surface area contributed by atoms with Crippen LogP contribution in [0, 0.1) is 0 Å². The summed E-state index contributed by atoms with van der Waals surface area (Å²) in [5.74, 6) is -0.157. The lowest BCUT2D eigenvalue weighted by molar-refractivity contribution is -0.116. The summed E-state index contributed by atoms with van der Waals surface area (Å²) in [5, 5.41) is 1.82. The molecule has 0 radical (unpaired) electrons. The third-order valence-electron chi connectivity index (χ3n) is 7.22. The summed E-state index contributed by atoms with van der Waals surface area (Å²) in [6, 6.07) is 32.2. The second kappa shape index (κ2) is 10.1. The fraction of sp³-hybridized carbons (Fsp3) is 0.0909. The largest absolute Gasteiger partial charge is 0.339 e. The van der Waals surface area contributed by atoms with E-state index in [0.717, 1.165) is 49.9 Å². The molecule has 0 aliphatic rings. The van der Waals surface area contributed by atoms with Crippen LogP contribution in [0.1, 0.15) is 12.5 Å². The highest BCUT2D eigenvalue weighted by Gasteiger charge is 2.20. The van der Waals surface area contributed by atoms with Crippen LogP contribution in [0.2, 0.25) is 0 Å². The van der Waals surface area contributed by atoms with Crippen molar-refractivity contribution in [1.82, 2.24) is 9.97 Å². The molecule has 0 aliphatic heterocycles. The van der Waals surface area contributed by atoms with Gasteiger partial charge in [0.05, 0.1) is 10.6 Å². The summed E-state index contributed by atoms with van der Waals surface area (Å²) in [6.45, 7) is 1.54. The van der Waals surface area contributed by atoms with Crippen molar-refractivity contribution in [3.63, 3.8) is 0 Å². The van der Waals surface area contributed by atoms with Gasteiger partial charge in [-0.05, 0) is 53.1 Å². The van der Waals surface area contributed by atoms with Crippen LogP contribution in [0.5, 0.6) is 0 Å². The molecule has 0 saturated heterocycles. The van der Waals surface area contributed by atoms with Crippen LogP contribution in [-0.4, -0.2) is 31.3 Å². The number of H-pyrrole nitrogens is 1. The topological polar surface area (TPSA) is 83.1 Å². The highest BCUT2D eigenvalue weighted by Crippen LogP contribution is 2.41. The summed E-state index contributed by atoms with van der Waals surface area (Å²) in [7, 11) is -1.75. The van der Waals surface area contributed by atoms with Gasteiger partial charge in [0.25, 0.3) is 0 Å². The Kier molecular flexibility index (Phi) is 6.44. The molecule has 2 aromatic heterocycles. The summed E-state index contributed by atoms with van der Waals surface area (Å²) in [6.07, 6.45) is 1.85. The Labute approximate surface area is 232 Å². The molecule has 40 heavy (non-hydrogen) atoms. The number of sulfone groups is 1. The van der Waals surface area contributed by atoms with Crippen LogP contribution in [0.25, 0.3) is 44.2 Å². The molecule has 0 saturated carbocycles. The molecule has 2 heterocycles. The number of carbonyl (C=O) groups excluding carboxylic acids is 1. The Morgan fingerprint density at radius 2 is 1.55 bits per heavy atom. The molecule has 0 spiro atoms. The van der Waals surface area contributed by atoms with Crippen LogP contribution >= 0.6 is 0 Å². The van der Waals surface area contributed by atoms with Gasteiger partial charge < -0.3 is 9.88 Å². The normalized spacial score (nSPS) is 11.7. The monoisotopic (exact) mass is 545 g/mol. The van der Waals surface area contributed by atoms with Gasteiger partial charge in [0.2, 0.25) is 5.91 Å². The number of pyridine rings is 1. The van der Waals surface area contributed by atoms with E-state index >= 15 is 0 Å². The maximum Gasteiger partial charge on any atom is 0.223 e. The lowest BCUT2D eigenvalue weighted by Crippen LogP contribution is -2.22. The number of nitrogens with one attached hydrogen (secondary N) is 1. The maximum absolute atomic E-state index is 13.2. The molecule has 0 unspecified atom stereocenters. The SMILES string of the molecule is CC(=O)N(C)c1cccc(-c2cnc3[nH]c4ccc(CS(=O)(=O)c5ccccc5)cc4c3c2-c2ccccc2)c1. The lowest BCUT2D eigenvalue weighted by Gasteiger charge is -2.17. The minimum absolute atomic E-state index is 0.0522. The molecular weight excluding hydrogens is 518 g/mol. The Balaban J connectivity index is 1.57. The van der Waals surface area contributed by atoms with Gasteiger partial charge in [0, 0.05) is 53.3 Å². The van der Waals surface area contributed by atoms with Crippen molar-refractivity contribution >= 4 is 43.4 Å². The van der Waals surface area contributed by atoms with Gasteiger partial charge in [0.15, 0.2) is 9.84 Å². The average Bonchev–Trinajstić information content (AvgIpc) is 3.35. The van der Waals surface area contributed by atoms with Gasteiger partial charge in [0.1, 0.15) is 5.65 Å². The van der Waals surface area contributed by atoms with E-state index in [1.807, 2.05) is 66.9 Å². The number of carbonyl (C=O) groups is 1. The minimum atomic E-state index is -3.51. The molecule has 0 bridgehead atoms. The molecule has 4 aromatic carbocycles. The number of anilines is 1. The van der Waals surface area contributed by atoms with Crippen molar-refractivity contribution in [3.8, 4) is 22.3 Å². The summed E-state index contributed by atoms with van der Waals surface area (Å²) >= 11 is 0. The number of hydrogen-bond acceptors (Lipinski definition) is 4. The Hall–Kier alpha value is -4.75. The van der Waals surface area contributed by atoms with E-state index in [2.05, 4.69) is 17.1 Å². The number of aromatic nitrogens is 2. The van der Waals surface area contributed by atoms with Crippen molar-refractivity contribution in [1.29, 1.82) is 0 Å². The van der Waals surface area contributed by atoms with Gasteiger partial charge in [-0.25, -0.2) is 13.4 Å². The standard InChI is InChI=1S/C33H27N3O3S/c1-22(37)36(2)26-13-9-12-25(19-26)29-20-34-33-32(31(29)24-10-5-3-6-11-24)28-18-23(16-17-30(28)35-33)21-40(38,39)27-14-7-4-8-15-27/h3-20H,21H2,1-2H3,(H,34,35). The molecule has 0 aliphatic carbocycles. The quantitative estimate of drug-likeness (QED) is 0.244. The lowest BCUT2D eigenvalue weighted by atomic mass is 9.92. The third kappa shape index (κ3) is 4.65. The van der Waals surface area contributed by atoms with E-state index in [-0.39, 0.29) is 11.7 Å². The van der Waals surface area contributed by atoms with Gasteiger partial charge in [-0.3, -0.25) is 4.79 Å². The van der Waals surface area contributed by atoms with Gasteiger partial charge in [-0.1, -0.05) is 66.7 Å². The summed E-state index contributed by atoms with van der Waals surface area (Å²) < 4.78 is 26.3. The number of fused-ring (bicyclic) bond motifs is 3. The maximum atomic E-state index is 13.2. The third-order valence-corrected chi connectivity index (χ3v) is 8.93. The van der Waals surface area contributed by atoms with Crippen LogP contribution < -0.4 is 4.90 Å². The number of amides is 1. The van der Waals surface area contributed by atoms with E-state index in [1.54, 1.807) is 42.3 Å². The Morgan fingerprint density at radius 1 is 0.850 bits per heavy atom. The number of aromatic amines is 1. The first-order chi connectivity index (χ1) is 19.3. The van der Waals surface area contributed by atoms with Gasteiger partial charge >= 0.3 is 0 Å².